The molecule has 0 unspecified atom stereocenters. The Bertz CT molecular complexity index is 878. The number of thioether (sulfide) groups is 1. The van der Waals surface area contributed by atoms with E-state index in [2.05, 4.69) is 26.1 Å². The summed E-state index contributed by atoms with van der Waals surface area (Å²) in [7, 11) is 1.80. The van der Waals surface area contributed by atoms with Crippen LogP contribution in [0.4, 0.5) is 0 Å². The molecule has 0 bridgehead atoms. The highest BCUT2D eigenvalue weighted by atomic mass is 79.9. The lowest BCUT2D eigenvalue weighted by atomic mass is 10.2. The zero-order valence-electron chi connectivity index (χ0n) is 13.7. The minimum atomic E-state index is -0.0449. The Hall–Kier alpha value is -1.64. The molecule has 1 amide bonds. The van der Waals surface area contributed by atoms with Gasteiger partial charge in [0.15, 0.2) is 0 Å². The number of hydrogen-bond donors (Lipinski definition) is 0. The highest BCUT2D eigenvalue weighted by molar-refractivity contribution is 9.11. The zero-order chi connectivity index (χ0) is 17.8. The van der Waals surface area contributed by atoms with Gasteiger partial charge in [0.2, 0.25) is 0 Å². The maximum absolute atomic E-state index is 12.8. The van der Waals surface area contributed by atoms with Crippen LogP contribution < -0.4 is 0 Å². The van der Waals surface area contributed by atoms with Crippen molar-refractivity contribution in [2.45, 2.75) is 24.2 Å². The maximum Gasteiger partial charge on any atom is 0.256 e. The van der Waals surface area contributed by atoms with E-state index in [0.29, 0.717) is 22.9 Å². The molecule has 25 heavy (non-hydrogen) atoms. The van der Waals surface area contributed by atoms with Crippen LogP contribution >= 0.6 is 39.0 Å². The lowest BCUT2D eigenvalue weighted by molar-refractivity contribution is 0.0782. The standard InChI is InChI=1S/C17H16BrN3O2S2/c1-11-8-12(20-23-11)10-24-16-14(4-3-7-19-16)17(22)21(2)9-13-5-6-15(18)25-13/h3-8H,9-10H2,1-2H3. The number of carbonyl (C=O) groups excluding carboxylic acids is 1. The van der Waals surface area contributed by atoms with Gasteiger partial charge in [0, 0.05) is 29.9 Å². The van der Waals surface area contributed by atoms with Gasteiger partial charge in [-0.3, -0.25) is 4.79 Å². The number of hydrogen-bond acceptors (Lipinski definition) is 6. The summed E-state index contributed by atoms with van der Waals surface area (Å²) >= 11 is 6.56. The van der Waals surface area contributed by atoms with Gasteiger partial charge in [-0.05, 0) is 47.1 Å². The second kappa shape index (κ2) is 8.16. The molecule has 0 aliphatic heterocycles. The highest BCUT2D eigenvalue weighted by Gasteiger charge is 2.18. The number of thiophene rings is 1. The third-order valence-corrected chi connectivity index (χ3v) is 6.05. The van der Waals surface area contributed by atoms with Crippen molar-refractivity contribution >= 4 is 44.9 Å². The van der Waals surface area contributed by atoms with Crippen molar-refractivity contribution in [3.63, 3.8) is 0 Å². The molecular formula is C17H16BrN3O2S2. The molecule has 0 atom stereocenters. The van der Waals surface area contributed by atoms with E-state index in [4.69, 9.17) is 4.52 Å². The molecule has 3 rings (SSSR count). The largest absolute Gasteiger partial charge is 0.361 e. The van der Waals surface area contributed by atoms with Crippen LogP contribution in [0.15, 0.2) is 49.9 Å². The fraction of sp³-hybridized carbons (Fsp3) is 0.235. The summed E-state index contributed by atoms with van der Waals surface area (Å²) in [6.07, 6.45) is 1.70. The van der Waals surface area contributed by atoms with Crippen molar-refractivity contribution in [3.8, 4) is 0 Å². The predicted molar refractivity (Wildman–Crippen MR) is 103 cm³/mol. The van der Waals surface area contributed by atoms with Crippen LogP contribution in [0, 0.1) is 6.92 Å². The summed E-state index contributed by atoms with van der Waals surface area (Å²) in [6.45, 7) is 2.42. The number of carbonyl (C=O) groups is 1. The number of aromatic nitrogens is 2. The molecule has 3 aromatic heterocycles. The molecule has 0 saturated carbocycles. The lowest BCUT2D eigenvalue weighted by Crippen LogP contribution is -2.26. The number of nitrogens with zero attached hydrogens (tertiary/aromatic N) is 3. The van der Waals surface area contributed by atoms with Crippen LogP contribution in [0.2, 0.25) is 0 Å². The van der Waals surface area contributed by atoms with Gasteiger partial charge >= 0.3 is 0 Å². The predicted octanol–water partition coefficient (Wildman–Crippen LogP) is 4.77. The molecule has 130 valence electrons. The topological polar surface area (TPSA) is 59.2 Å². The van der Waals surface area contributed by atoms with Crippen LogP contribution in [0.1, 0.15) is 26.7 Å². The number of rotatable bonds is 6. The first-order valence-electron chi connectivity index (χ1n) is 7.52. The van der Waals surface area contributed by atoms with Gasteiger partial charge in [-0.1, -0.05) is 16.9 Å². The van der Waals surface area contributed by atoms with Crippen LogP contribution in [-0.2, 0) is 12.3 Å². The summed E-state index contributed by atoms with van der Waals surface area (Å²) in [5.74, 6) is 1.34. The van der Waals surface area contributed by atoms with E-state index < -0.39 is 0 Å². The average Bonchev–Trinajstić information content (AvgIpc) is 3.20. The van der Waals surface area contributed by atoms with Gasteiger partial charge < -0.3 is 9.42 Å². The molecule has 3 heterocycles. The first-order valence-corrected chi connectivity index (χ1v) is 10.1. The Balaban J connectivity index is 1.71. The third kappa shape index (κ3) is 4.71. The van der Waals surface area contributed by atoms with E-state index in [0.717, 1.165) is 20.1 Å². The molecule has 8 heteroatoms. The third-order valence-electron chi connectivity index (χ3n) is 3.40. The minimum Gasteiger partial charge on any atom is -0.361 e. The summed E-state index contributed by atoms with van der Waals surface area (Å²) < 4.78 is 6.13. The fourth-order valence-corrected chi connectivity index (χ4v) is 4.65. The van der Waals surface area contributed by atoms with Gasteiger partial charge in [-0.15, -0.1) is 11.3 Å². The number of halogens is 1. The van der Waals surface area contributed by atoms with Gasteiger partial charge in [0.25, 0.3) is 5.91 Å². The Kier molecular flexibility index (Phi) is 5.93. The summed E-state index contributed by atoms with van der Waals surface area (Å²) in [5, 5.41) is 4.68. The fourth-order valence-electron chi connectivity index (χ4n) is 2.24. The Morgan fingerprint density at radius 2 is 2.24 bits per heavy atom. The monoisotopic (exact) mass is 437 g/mol. The summed E-state index contributed by atoms with van der Waals surface area (Å²) in [4.78, 5) is 20.0. The second-order valence-electron chi connectivity index (χ2n) is 5.44. The molecule has 5 nitrogen and oxygen atoms in total. The van der Waals surface area contributed by atoms with E-state index in [1.165, 1.54) is 11.8 Å². The molecule has 3 aromatic rings. The number of pyridine rings is 1. The quantitative estimate of drug-likeness (QED) is 0.519. The first kappa shape index (κ1) is 18.2. The normalized spacial score (nSPS) is 10.8. The van der Waals surface area contributed by atoms with Crippen molar-refractivity contribution in [1.29, 1.82) is 0 Å². The SMILES string of the molecule is Cc1cc(CSc2ncccc2C(=O)N(C)Cc2ccc(Br)s2)no1. The molecule has 0 fully saturated rings. The van der Waals surface area contributed by atoms with E-state index in [9.17, 15) is 4.79 Å². The van der Waals surface area contributed by atoms with Gasteiger partial charge in [0.05, 0.1) is 21.6 Å². The number of amides is 1. The maximum atomic E-state index is 12.8. The van der Waals surface area contributed by atoms with Gasteiger partial charge in [0.1, 0.15) is 10.8 Å². The van der Waals surface area contributed by atoms with E-state index in [1.807, 2.05) is 31.2 Å². The summed E-state index contributed by atoms with van der Waals surface area (Å²) in [5.41, 5.74) is 1.44. The zero-order valence-corrected chi connectivity index (χ0v) is 16.9. The van der Waals surface area contributed by atoms with Crippen LogP contribution in [0.25, 0.3) is 0 Å². The molecular weight excluding hydrogens is 422 g/mol. The second-order valence-corrected chi connectivity index (χ2v) is 8.95. The van der Waals surface area contributed by atoms with Crippen molar-refractivity contribution < 1.29 is 9.32 Å². The Morgan fingerprint density at radius 3 is 2.92 bits per heavy atom. The molecule has 0 aliphatic rings. The lowest BCUT2D eigenvalue weighted by Gasteiger charge is -2.17. The molecule has 0 spiro atoms. The Labute approximate surface area is 162 Å². The van der Waals surface area contributed by atoms with Crippen LogP contribution in [-0.4, -0.2) is 28.0 Å². The highest BCUT2D eigenvalue weighted by Crippen LogP contribution is 2.26. The first-order chi connectivity index (χ1) is 12.0. The minimum absolute atomic E-state index is 0.0449. The molecule has 0 aromatic carbocycles. The van der Waals surface area contributed by atoms with Crippen molar-refractivity contribution in [1.82, 2.24) is 15.0 Å². The molecule has 0 saturated heterocycles. The van der Waals surface area contributed by atoms with Gasteiger partial charge in [-0.2, -0.15) is 0 Å². The van der Waals surface area contributed by atoms with Crippen LogP contribution in [0.5, 0.6) is 0 Å². The van der Waals surface area contributed by atoms with Crippen molar-refractivity contribution in [2.75, 3.05) is 7.05 Å². The molecule has 0 radical (unpaired) electrons. The van der Waals surface area contributed by atoms with Gasteiger partial charge in [-0.25, -0.2) is 4.98 Å². The molecule has 0 N–H and O–H groups in total. The molecule has 0 aliphatic carbocycles. The number of aryl methyl sites for hydroxylation is 1. The van der Waals surface area contributed by atoms with E-state index in [-0.39, 0.29) is 5.91 Å². The van der Waals surface area contributed by atoms with Crippen molar-refractivity contribution in [2.24, 2.45) is 0 Å². The van der Waals surface area contributed by atoms with E-state index >= 15 is 0 Å². The van der Waals surface area contributed by atoms with E-state index in [1.54, 1.807) is 35.5 Å². The van der Waals surface area contributed by atoms with Crippen molar-refractivity contribution in [3.05, 3.63) is 62.2 Å². The smallest absolute Gasteiger partial charge is 0.256 e. The summed E-state index contributed by atoms with van der Waals surface area (Å²) in [6, 6.07) is 9.49. The average molecular weight is 438 g/mol. The Morgan fingerprint density at radius 1 is 1.40 bits per heavy atom. The van der Waals surface area contributed by atoms with Crippen LogP contribution in [0.3, 0.4) is 0 Å².